The van der Waals surface area contributed by atoms with E-state index in [-0.39, 0.29) is 11.7 Å². The van der Waals surface area contributed by atoms with E-state index in [1.807, 2.05) is 13.8 Å². The number of rotatable bonds is 6. The number of thioether (sulfide) groups is 1. The van der Waals surface area contributed by atoms with Crippen LogP contribution in [0.25, 0.3) is 0 Å². The Kier molecular flexibility index (Phi) is 6.20. The number of thiophene rings is 1. The smallest absolute Gasteiger partial charge is 0.225 e. The van der Waals surface area contributed by atoms with Gasteiger partial charge in [0.1, 0.15) is 16.9 Å². The Balaban J connectivity index is 1.78. The highest BCUT2D eigenvalue weighted by Crippen LogP contribution is 2.31. The fourth-order valence-electron chi connectivity index (χ4n) is 1.99. The summed E-state index contributed by atoms with van der Waals surface area (Å²) in [6.07, 6.45) is 1.12. The number of amides is 1. The molecule has 0 radical (unpaired) electrons. The highest BCUT2D eigenvalue weighted by atomic mass is 32.2. The zero-order chi connectivity index (χ0) is 16.8. The summed E-state index contributed by atoms with van der Waals surface area (Å²) in [7, 11) is 0. The monoisotopic (exact) mass is 348 g/mol. The van der Waals surface area contributed by atoms with Gasteiger partial charge >= 0.3 is 0 Å². The molecule has 0 unspecified atom stereocenters. The number of aryl methyl sites for hydroxylation is 1. The van der Waals surface area contributed by atoms with Crippen molar-refractivity contribution in [1.29, 1.82) is 5.26 Å². The Morgan fingerprint density at radius 1 is 1.35 bits per heavy atom. The third kappa shape index (κ3) is 4.81. The van der Waals surface area contributed by atoms with Gasteiger partial charge in [0.15, 0.2) is 0 Å². The molecular weight excluding hydrogens is 331 g/mol. The summed E-state index contributed by atoms with van der Waals surface area (Å²) in [5.74, 6) is 0.457. The Labute approximate surface area is 143 Å². The Morgan fingerprint density at radius 3 is 2.70 bits per heavy atom. The molecule has 1 heterocycles. The Hall–Kier alpha value is -1.84. The lowest BCUT2D eigenvalue weighted by Crippen LogP contribution is -2.11. The van der Waals surface area contributed by atoms with E-state index in [2.05, 4.69) is 11.4 Å². The minimum absolute atomic E-state index is 0.0811. The first-order chi connectivity index (χ1) is 11.0. The van der Waals surface area contributed by atoms with E-state index < -0.39 is 0 Å². The SMILES string of the molecule is Cc1sc(NC(=O)CCCSc2ccc(F)cc2)c(C#N)c1C. The van der Waals surface area contributed by atoms with Crippen LogP contribution in [0, 0.1) is 31.0 Å². The van der Waals surface area contributed by atoms with Crippen LogP contribution in [-0.4, -0.2) is 11.7 Å². The lowest BCUT2D eigenvalue weighted by Gasteiger charge is -2.04. The number of anilines is 1. The number of benzene rings is 1. The zero-order valence-corrected chi connectivity index (χ0v) is 14.6. The molecule has 3 nitrogen and oxygen atoms in total. The molecule has 0 bridgehead atoms. The number of nitrogens with one attached hydrogen (secondary N) is 1. The summed E-state index contributed by atoms with van der Waals surface area (Å²) in [6, 6.07) is 8.47. The molecule has 2 rings (SSSR count). The maximum absolute atomic E-state index is 12.8. The van der Waals surface area contributed by atoms with E-state index >= 15 is 0 Å². The van der Waals surface area contributed by atoms with Crippen molar-refractivity contribution in [3.05, 3.63) is 46.1 Å². The van der Waals surface area contributed by atoms with Gasteiger partial charge in [-0.1, -0.05) is 0 Å². The minimum atomic E-state index is -0.247. The van der Waals surface area contributed by atoms with E-state index in [9.17, 15) is 9.18 Å². The van der Waals surface area contributed by atoms with Crippen molar-refractivity contribution >= 4 is 34.0 Å². The van der Waals surface area contributed by atoms with Gasteiger partial charge in [0.05, 0.1) is 5.56 Å². The summed E-state index contributed by atoms with van der Waals surface area (Å²) in [5, 5.41) is 12.6. The Bertz CT molecular complexity index is 732. The van der Waals surface area contributed by atoms with Crippen molar-refractivity contribution in [3.8, 4) is 6.07 Å². The van der Waals surface area contributed by atoms with Gasteiger partial charge in [-0.3, -0.25) is 4.79 Å². The molecule has 1 amide bonds. The second-order valence-corrected chi connectivity index (χ2v) is 7.45. The van der Waals surface area contributed by atoms with Crippen molar-refractivity contribution in [2.45, 2.75) is 31.6 Å². The first-order valence-electron chi connectivity index (χ1n) is 7.19. The average Bonchev–Trinajstić information content (AvgIpc) is 2.79. The summed E-state index contributed by atoms with van der Waals surface area (Å²) >= 11 is 3.03. The van der Waals surface area contributed by atoms with Crippen molar-refractivity contribution in [1.82, 2.24) is 0 Å². The molecule has 0 aliphatic heterocycles. The molecule has 23 heavy (non-hydrogen) atoms. The second kappa shape index (κ2) is 8.14. The van der Waals surface area contributed by atoms with Gasteiger partial charge in [0, 0.05) is 16.2 Å². The highest BCUT2D eigenvalue weighted by molar-refractivity contribution is 7.99. The molecule has 1 N–H and O–H groups in total. The van der Waals surface area contributed by atoms with Gasteiger partial charge in [-0.2, -0.15) is 5.26 Å². The number of halogens is 1. The molecular formula is C17H17FN2OS2. The molecule has 0 saturated carbocycles. The molecule has 2 aromatic rings. The third-order valence-electron chi connectivity index (χ3n) is 3.38. The number of carbonyl (C=O) groups is 1. The van der Waals surface area contributed by atoms with Crippen molar-refractivity contribution in [2.24, 2.45) is 0 Å². The van der Waals surface area contributed by atoms with Crippen LogP contribution in [0.1, 0.15) is 28.8 Å². The summed E-state index contributed by atoms with van der Waals surface area (Å²) in [4.78, 5) is 14.0. The zero-order valence-electron chi connectivity index (χ0n) is 13.0. The fourth-order valence-corrected chi connectivity index (χ4v) is 3.87. The molecule has 0 spiro atoms. The number of hydrogen-bond donors (Lipinski definition) is 1. The van der Waals surface area contributed by atoms with Gasteiger partial charge in [0.2, 0.25) is 5.91 Å². The van der Waals surface area contributed by atoms with E-state index in [4.69, 9.17) is 5.26 Å². The maximum Gasteiger partial charge on any atom is 0.225 e. The fraction of sp³-hybridized carbons (Fsp3) is 0.294. The molecule has 1 aromatic heterocycles. The number of hydrogen-bond acceptors (Lipinski definition) is 4. The molecule has 1 aromatic carbocycles. The van der Waals surface area contributed by atoms with Crippen LogP contribution >= 0.6 is 23.1 Å². The van der Waals surface area contributed by atoms with Crippen LogP contribution in [-0.2, 0) is 4.79 Å². The maximum atomic E-state index is 12.8. The molecule has 6 heteroatoms. The predicted molar refractivity (Wildman–Crippen MR) is 93.5 cm³/mol. The van der Waals surface area contributed by atoms with Gasteiger partial charge < -0.3 is 5.32 Å². The van der Waals surface area contributed by atoms with Gasteiger partial charge in [-0.15, -0.1) is 23.1 Å². The molecule has 120 valence electrons. The number of nitriles is 1. The molecule has 0 saturated heterocycles. The van der Waals surface area contributed by atoms with Crippen LogP contribution in [0.15, 0.2) is 29.2 Å². The molecule has 0 fully saturated rings. The van der Waals surface area contributed by atoms with E-state index in [1.165, 1.54) is 23.5 Å². The van der Waals surface area contributed by atoms with Crippen LogP contribution in [0.3, 0.4) is 0 Å². The predicted octanol–water partition coefficient (Wildman–Crippen LogP) is 4.89. The quantitative estimate of drug-likeness (QED) is 0.597. The van der Waals surface area contributed by atoms with Crippen molar-refractivity contribution in [3.63, 3.8) is 0 Å². The topological polar surface area (TPSA) is 52.9 Å². The standard InChI is InChI=1S/C17H17FN2OS2/c1-11-12(2)23-17(15(11)10-19)20-16(21)4-3-9-22-14-7-5-13(18)6-8-14/h5-8H,3-4,9H2,1-2H3,(H,20,21). The first kappa shape index (κ1) is 17.5. The van der Waals surface area contributed by atoms with E-state index in [1.54, 1.807) is 23.9 Å². The summed E-state index contributed by atoms with van der Waals surface area (Å²) in [6.45, 7) is 3.83. The first-order valence-corrected chi connectivity index (χ1v) is 8.99. The van der Waals surface area contributed by atoms with Crippen LogP contribution in [0.2, 0.25) is 0 Å². The molecule has 0 aliphatic rings. The van der Waals surface area contributed by atoms with E-state index in [0.29, 0.717) is 17.0 Å². The van der Waals surface area contributed by atoms with Gasteiger partial charge in [-0.05, 0) is 55.9 Å². The normalized spacial score (nSPS) is 10.3. The summed E-state index contributed by atoms with van der Waals surface area (Å²) < 4.78 is 12.8. The lowest BCUT2D eigenvalue weighted by atomic mass is 10.2. The van der Waals surface area contributed by atoms with Crippen LogP contribution < -0.4 is 5.32 Å². The largest absolute Gasteiger partial charge is 0.317 e. The average molecular weight is 348 g/mol. The highest BCUT2D eigenvalue weighted by Gasteiger charge is 2.14. The van der Waals surface area contributed by atoms with Gasteiger partial charge in [0.25, 0.3) is 0 Å². The molecule has 0 atom stereocenters. The molecule has 0 aliphatic carbocycles. The van der Waals surface area contributed by atoms with E-state index in [0.717, 1.165) is 27.5 Å². The third-order valence-corrected chi connectivity index (χ3v) is 5.60. The second-order valence-electron chi connectivity index (χ2n) is 5.05. The lowest BCUT2D eigenvalue weighted by molar-refractivity contribution is -0.116. The number of nitrogens with zero attached hydrogens (tertiary/aromatic N) is 1. The number of carbonyl (C=O) groups excluding carboxylic acids is 1. The van der Waals surface area contributed by atoms with Crippen LogP contribution in [0.4, 0.5) is 9.39 Å². The summed E-state index contributed by atoms with van der Waals surface area (Å²) in [5.41, 5.74) is 1.49. The Morgan fingerprint density at radius 2 is 2.04 bits per heavy atom. The minimum Gasteiger partial charge on any atom is -0.317 e. The van der Waals surface area contributed by atoms with Crippen molar-refractivity contribution in [2.75, 3.05) is 11.1 Å². The van der Waals surface area contributed by atoms with Crippen LogP contribution in [0.5, 0.6) is 0 Å². The van der Waals surface area contributed by atoms with Crippen molar-refractivity contribution < 1.29 is 9.18 Å². The van der Waals surface area contributed by atoms with Gasteiger partial charge in [-0.25, -0.2) is 4.39 Å².